The molecule has 0 saturated heterocycles. The quantitative estimate of drug-likeness (QED) is 0.676. The number of aryl methyl sites for hydroxylation is 1. The van der Waals surface area contributed by atoms with E-state index >= 15 is 0 Å². The van der Waals surface area contributed by atoms with Crippen LogP contribution >= 0.6 is 15.9 Å². The van der Waals surface area contributed by atoms with E-state index in [0.717, 1.165) is 5.52 Å². The van der Waals surface area contributed by atoms with E-state index in [2.05, 4.69) is 27.0 Å². The zero-order valence-electron chi connectivity index (χ0n) is 10.6. The van der Waals surface area contributed by atoms with Gasteiger partial charge in [0.1, 0.15) is 11.6 Å². The van der Waals surface area contributed by atoms with Gasteiger partial charge in [-0.3, -0.25) is 0 Å². The number of fused-ring (bicyclic) bond motifs is 1. The Morgan fingerprint density at radius 1 is 1.25 bits per heavy atom. The highest BCUT2D eigenvalue weighted by Gasteiger charge is 2.14. The lowest BCUT2D eigenvalue weighted by molar-refractivity contribution is 0.628. The van der Waals surface area contributed by atoms with Crippen LogP contribution in [0.2, 0.25) is 0 Å². The molecule has 0 aliphatic rings. The summed E-state index contributed by atoms with van der Waals surface area (Å²) in [6, 6.07) is 12.2. The number of rotatable bonds is 1. The van der Waals surface area contributed by atoms with Crippen LogP contribution in [0.3, 0.4) is 0 Å². The molecule has 0 amide bonds. The highest BCUT2D eigenvalue weighted by atomic mass is 79.9. The Morgan fingerprint density at radius 3 is 2.75 bits per heavy atom. The van der Waals surface area contributed by atoms with Crippen LogP contribution in [-0.4, -0.2) is 9.55 Å². The van der Waals surface area contributed by atoms with Gasteiger partial charge in [-0.25, -0.2) is 9.37 Å². The summed E-state index contributed by atoms with van der Waals surface area (Å²) in [6.07, 6.45) is 0. The van der Waals surface area contributed by atoms with E-state index in [1.54, 1.807) is 24.3 Å². The molecule has 0 unspecified atom stereocenters. The molecule has 0 aliphatic heterocycles. The normalized spacial score (nSPS) is 10.7. The monoisotopic (exact) mass is 329 g/mol. The number of hydrogen-bond donors (Lipinski definition) is 0. The molecule has 0 fully saturated rings. The van der Waals surface area contributed by atoms with Crippen LogP contribution in [0.4, 0.5) is 4.39 Å². The number of hydrogen-bond acceptors (Lipinski definition) is 2. The van der Waals surface area contributed by atoms with E-state index in [9.17, 15) is 4.39 Å². The number of nitriles is 1. The third-order valence-electron chi connectivity index (χ3n) is 3.18. The fourth-order valence-electron chi connectivity index (χ4n) is 2.18. The third-order valence-corrected chi connectivity index (χ3v) is 3.68. The van der Waals surface area contributed by atoms with Crippen molar-refractivity contribution in [2.24, 2.45) is 7.05 Å². The first kappa shape index (κ1) is 12.8. The standard InChI is InChI=1S/C15H9BrFN3/c1-20-14-5-2-9(8-18)6-13(14)19-15(20)11-4-3-10(16)7-12(11)17/h2-7H,1H3. The molecule has 20 heavy (non-hydrogen) atoms. The summed E-state index contributed by atoms with van der Waals surface area (Å²) in [6.45, 7) is 0. The third kappa shape index (κ3) is 1.98. The lowest BCUT2D eigenvalue weighted by Gasteiger charge is -2.04. The molecular formula is C15H9BrFN3. The van der Waals surface area contributed by atoms with Gasteiger partial charge < -0.3 is 4.57 Å². The lowest BCUT2D eigenvalue weighted by Crippen LogP contribution is -1.94. The second-order valence-corrected chi connectivity index (χ2v) is 5.35. The van der Waals surface area contributed by atoms with Gasteiger partial charge in [0.05, 0.1) is 28.2 Å². The van der Waals surface area contributed by atoms with Gasteiger partial charge in [0, 0.05) is 11.5 Å². The van der Waals surface area contributed by atoms with Gasteiger partial charge >= 0.3 is 0 Å². The minimum Gasteiger partial charge on any atom is -0.327 e. The van der Waals surface area contributed by atoms with E-state index in [4.69, 9.17) is 5.26 Å². The molecule has 3 aromatic rings. The van der Waals surface area contributed by atoms with Crippen LogP contribution in [0.15, 0.2) is 40.9 Å². The molecule has 2 aromatic carbocycles. The molecular weight excluding hydrogens is 321 g/mol. The smallest absolute Gasteiger partial charge is 0.143 e. The number of aromatic nitrogens is 2. The summed E-state index contributed by atoms with van der Waals surface area (Å²) in [5.41, 5.74) is 2.52. The fraction of sp³-hybridized carbons (Fsp3) is 0.0667. The second kappa shape index (κ2) is 4.73. The van der Waals surface area contributed by atoms with Crippen molar-refractivity contribution in [3.63, 3.8) is 0 Å². The molecule has 5 heteroatoms. The molecule has 0 atom stereocenters. The average molecular weight is 330 g/mol. The highest BCUT2D eigenvalue weighted by molar-refractivity contribution is 9.10. The Kier molecular flexibility index (Phi) is 3.03. The van der Waals surface area contributed by atoms with Crippen molar-refractivity contribution in [3.05, 3.63) is 52.3 Å². The van der Waals surface area contributed by atoms with Gasteiger partial charge in [-0.1, -0.05) is 15.9 Å². The van der Waals surface area contributed by atoms with E-state index in [1.165, 1.54) is 6.07 Å². The Balaban J connectivity index is 2.26. The minimum atomic E-state index is -0.335. The Labute approximate surface area is 123 Å². The van der Waals surface area contributed by atoms with Gasteiger partial charge in [-0.05, 0) is 36.4 Å². The predicted octanol–water partition coefficient (Wildman–Crippen LogP) is 4.01. The summed E-state index contributed by atoms with van der Waals surface area (Å²) in [7, 11) is 1.83. The summed E-state index contributed by atoms with van der Waals surface area (Å²) in [5.74, 6) is 0.207. The van der Waals surface area contributed by atoms with Crippen molar-refractivity contribution in [1.29, 1.82) is 5.26 Å². The summed E-state index contributed by atoms with van der Waals surface area (Å²) in [5, 5.41) is 8.92. The number of halogens is 2. The largest absolute Gasteiger partial charge is 0.327 e. The Hall–Kier alpha value is -2.19. The van der Waals surface area contributed by atoms with Gasteiger partial charge in [-0.2, -0.15) is 5.26 Å². The van der Waals surface area contributed by atoms with Crippen LogP contribution in [0.5, 0.6) is 0 Å². The summed E-state index contributed by atoms with van der Waals surface area (Å²) in [4.78, 5) is 4.44. The topological polar surface area (TPSA) is 41.6 Å². The second-order valence-electron chi connectivity index (χ2n) is 4.43. The maximum absolute atomic E-state index is 14.1. The van der Waals surface area contributed by atoms with Crippen LogP contribution in [0, 0.1) is 17.1 Å². The van der Waals surface area contributed by atoms with Gasteiger partial charge in [0.25, 0.3) is 0 Å². The lowest BCUT2D eigenvalue weighted by atomic mass is 10.2. The first-order chi connectivity index (χ1) is 9.60. The maximum Gasteiger partial charge on any atom is 0.143 e. The van der Waals surface area contributed by atoms with Gasteiger partial charge in [-0.15, -0.1) is 0 Å². The van der Waals surface area contributed by atoms with Crippen molar-refractivity contribution in [2.45, 2.75) is 0 Å². The molecule has 0 saturated carbocycles. The molecule has 0 radical (unpaired) electrons. The Bertz CT molecular complexity index is 861. The van der Waals surface area contributed by atoms with Crippen molar-refractivity contribution in [3.8, 4) is 17.5 Å². The first-order valence-corrected chi connectivity index (χ1v) is 6.71. The van der Waals surface area contributed by atoms with Gasteiger partial charge in [0.2, 0.25) is 0 Å². The van der Waals surface area contributed by atoms with Gasteiger partial charge in [0.15, 0.2) is 0 Å². The zero-order chi connectivity index (χ0) is 14.3. The summed E-state index contributed by atoms with van der Waals surface area (Å²) >= 11 is 3.24. The van der Waals surface area contributed by atoms with E-state index < -0.39 is 0 Å². The average Bonchev–Trinajstić information content (AvgIpc) is 2.75. The van der Waals surface area contributed by atoms with Crippen LogP contribution in [0.1, 0.15) is 5.56 Å². The maximum atomic E-state index is 14.1. The zero-order valence-corrected chi connectivity index (χ0v) is 12.1. The van der Waals surface area contributed by atoms with Crippen molar-refractivity contribution in [2.75, 3.05) is 0 Å². The molecule has 1 heterocycles. The van der Waals surface area contributed by atoms with E-state index in [-0.39, 0.29) is 5.82 Å². The molecule has 0 bridgehead atoms. The van der Waals surface area contributed by atoms with Crippen LogP contribution < -0.4 is 0 Å². The molecule has 0 N–H and O–H groups in total. The van der Waals surface area contributed by atoms with Crippen molar-refractivity contribution < 1.29 is 4.39 Å². The molecule has 0 spiro atoms. The molecule has 98 valence electrons. The first-order valence-electron chi connectivity index (χ1n) is 5.92. The van der Waals surface area contributed by atoms with Crippen molar-refractivity contribution in [1.82, 2.24) is 9.55 Å². The summed E-state index contributed by atoms with van der Waals surface area (Å²) < 4.78 is 16.6. The molecule has 3 rings (SSSR count). The van der Waals surface area contributed by atoms with E-state index in [1.807, 2.05) is 17.7 Å². The Morgan fingerprint density at radius 2 is 2.05 bits per heavy atom. The van der Waals surface area contributed by atoms with Crippen LogP contribution in [-0.2, 0) is 7.05 Å². The molecule has 1 aromatic heterocycles. The minimum absolute atomic E-state index is 0.335. The SMILES string of the molecule is Cn1c(-c2ccc(Br)cc2F)nc2cc(C#N)ccc21. The number of nitrogens with zero attached hydrogens (tertiary/aromatic N) is 3. The van der Waals surface area contributed by atoms with E-state index in [0.29, 0.717) is 26.9 Å². The predicted molar refractivity (Wildman–Crippen MR) is 78.5 cm³/mol. The highest BCUT2D eigenvalue weighted by Crippen LogP contribution is 2.28. The van der Waals surface area contributed by atoms with Crippen LogP contribution in [0.25, 0.3) is 22.4 Å². The number of imidazole rings is 1. The molecule has 3 nitrogen and oxygen atoms in total. The molecule has 0 aliphatic carbocycles. The number of benzene rings is 2. The van der Waals surface area contributed by atoms with Crippen molar-refractivity contribution >= 4 is 27.0 Å². The fourth-order valence-corrected chi connectivity index (χ4v) is 2.51.